The van der Waals surface area contributed by atoms with E-state index in [1.807, 2.05) is 21.1 Å². The van der Waals surface area contributed by atoms with Crippen LogP contribution in [0.2, 0.25) is 0 Å². The van der Waals surface area contributed by atoms with Crippen LogP contribution in [0.3, 0.4) is 0 Å². The van der Waals surface area contributed by atoms with Gasteiger partial charge in [0.1, 0.15) is 6.54 Å². The highest BCUT2D eigenvalue weighted by Crippen LogP contribution is 2.06. The standard InChI is InChI=1S/C10H19NO4.C4H4O4/c1-5-10(14)15-8(6-9(12)13)7-11(2,3)4;5-3(6)1-2-4(7)8/h8H,5-7H2,1-4H3;1-2H,(H,5,6)(H,7,8)/p+1/b;2-1+/t8-;/m1./s1. The number of quaternary nitrogens is 1. The molecule has 0 heterocycles. The van der Waals surface area contributed by atoms with Crippen molar-refractivity contribution in [2.24, 2.45) is 0 Å². The van der Waals surface area contributed by atoms with Gasteiger partial charge >= 0.3 is 23.9 Å². The Bertz CT molecular complexity index is 434. The zero-order valence-corrected chi connectivity index (χ0v) is 13.7. The van der Waals surface area contributed by atoms with Crippen molar-refractivity contribution < 1.29 is 43.7 Å². The smallest absolute Gasteiger partial charge is 0.328 e. The molecule has 9 nitrogen and oxygen atoms in total. The number of hydrogen-bond acceptors (Lipinski definition) is 5. The largest absolute Gasteiger partial charge is 0.481 e. The SMILES string of the molecule is CCC(=O)O[C@H](CC(=O)O)C[N+](C)(C)C.O=C(O)/C=C/C(=O)O. The number of nitrogens with zero attached hydrogens (tertiary/aromatic N) is 1. The van der Waals surface area contributed by atoms with E-state index in [0.29, 0.717) is 23.2 Å². The maximum atomic E-state index is 11.1. The highest BCUT2D eigenvalue weighted by Gasteiger charge is 2.24. The summed E-state index contributed by atoms with van der Waals surface area (Å²) in [7, 11) is 5.78. The van der Waals surface area contributed by atoms with E-state index in [9.17, 15) is 19.2 Å². The fourth-order valence-electron chi connectivity index (χ4n) is 1.36. The van der Waals surface area contributed by atoms with Crippen LogP contribution in [0, 0.1) is 0 Å². The van der Waals surface area contributed by atoms with Gasteiger partial charge in [0.2, 0.25) is 0 Å². The van der Waals surface area contributed by atoms with Crippen molar-refractivity contribution >= 4 is 23.9 Å². The molecule has 0 amide bonds. The van der Waals surface area contributed by atoms with Crippen LogP contribution in [-0.4, -0.2) is 77.5 Å². The van der Waals surface area contributed by atoms with E-state index in [0.717, 1.165) is 0 Å². The third-order valence-electron chi connectivity index (χ3n) is 2.11. The predicted molar refractivity (Wildman–Crippen MR) is 79.7 cm³/mol. The average molecular weight is 334 g/mol. The molecule has 9 heteroatoms. The van der Waals surface area contributed by atoms with Gasteiger partial charge in [-0.05, 0) is 0 Å². The van der Waals surface area contributed by atoms with Crippen molar-refractivity contribution in [3.05, 3.63) is 12.2 Å². The van der Waals surface area contributed by atoms with Crippen molar-refractivity contribution in [3.8, 4) is 0 Å². The Hall–Kier alpha value is -2.42. The molecule has 0 radical (unpaired) electrons. The van der Waals surface area contributed by atoms with E-state index in [1.54, 1.807) is 6.92 Å². The number of carboxylic acid groups (broad SMARTS) is 3. The lowest BCUT2D eigenvalue weighted by Gasteiger charge is -2.28. The van der Waals surface area contributed by atoms with Gasteiger partial charge in [-0.3, -0.25) is 9.59 Å². The van der Waals surface area contributed by atoms with Crippen LogP contribution in [0.15, 0.2) is 12.2 Å². The monoisotopic (exact) mass is 334 g/mol. The summed E-state index contributed by atoms with van der Waals surface area (Å²) in [4.78, 5) is 40.7. The molecule has 0 aliphatic carbocycles. The summed E-state index contributed by atoms with van der Waals surface area (Å²) in [5.41, 5.74) is 0. The summed E-state index contributed by atoms with van der Waals surface area (Å²) >= 11 is 0. The maximum Gasteiger partial charge on any atom is 0.328 e. The Kier molecular flexibility index (Phi) is 11.1. The summed E-state index contributed by atoms with van der Waals surface area (Å²) < 4.78 is 5.62. The van der Waals surface area contributed by atoms with Crippen LogP contribution >= 0.6 is 0 Å². The normalized spacial score (nSPS) is 12.0. The first-order chi connectivity index (χ1) is 10.4. The van der Waals surface area contributed by atoms with Crippen molar-refractivity contribution in [2.45, 2.75) is 25.9 Å². The summed E-state index contributed by atoms with van der Waals surface area (Å²) in [5, 5.41) is 24.3. The minimum Gasteiger partial charge on any atom is -0.481 e. The van der Waals surface area contributed by atoms with Crippen LogP contribution in [-0.2, 0) is 23.9 Å². The van der Waals surface area contributed by atoms with Crippen LogP contribution in [0.4, 0.5) is 0 Å². The number of aliphatic carboxylic acids is 3. The van der Waals surface area contributed by atoms with E-state index in [1.165, 1.54) is 0 Å². The fourth-order valence-corrected chi connectivity index (χ4v) is 1.36. The molecule has 0 unspecified atom stereocenters. The van der Waals surface area contributed by atoms with Gasteiger partial charge in [0, 0.05) is 18.6 Å². The van der Waals surface area contributed by atoms with Crippen molar-refractivity contribution in [1.29, 1.82) is 0 Å². The van der Waals surface area contributed by atoms with Gasteiger partial charge in [-0.15, -0.1) is 0 Å². The van der Waals surface area contributed by atoms with Crippen LogP contribution in [0.5, 0.6) is 0 Å². The van der Waals surface area contributed by atoms with Crippen LogP contribution < -0.4 is 0 Å². The van der Waals surface area contributed by atoms with Gasteiger partial charge in [-0.25, -0.2) is 9.59 Å². The molecule has 0 fully saturated rings. The topological polar surface area (TPSA) is 138 Å². The molecule has 132 valence electrons. The lowest BCUT2D eigenvalue weighted by molar-refractivity contribution is -0.873. The van der Waals surface area contributed by atoms with Gasteiger partial charge in [-0.2, -0.15) is 0 Å². The third-order valence-corrected chi connectivity index (χ3v) is 2.11. The zero-order chi connectivity index (χ0) is 18.6. The Morgan fingerprint density at radius 2 is 1.43 bits per heavy atom. The van der Waals surface area contributed by atoms with Crippen molar-refractivity contribution in [1.82, 2.24) is 0 Å². The molecule has 0 spiro atoms. The molecule has 1 atom stereocenters. The van der Waals surface area contributed by atoms with Crippen LogP contribution in [0.25, 0.3) is 0 Å². The lowest BCUT2D eigenvalue weighted by atomic mass is 10.2. The quantitative estimate of drug-likeness (QED) is 0.325. The lowest BCUT2D eigenvalue weighted by Crippen LogP contribution is -2.43. The molecule has 0 rings (SSSR count). The second kappa shape index (κ2) is 11.2. The molecule has 0 aliphatic rings. The van der Waals surface area contributed by atoms with Gasteiger partial charge in [0.25, 0.3) is 0 Å². The van der Waals surface area contributed by atoms with Gasteiger partial charge in [-0.1, -0.05) is 6.92 Å². The minimum atomic E-state index is -1.26. The summed E-state index contributed by atoms with van der Waals surface area (Å²) in [6.07, 6.45) is 0.703. The number of likely N-dealkylation sites (N-methyl/N-ethyl adjacent to an activating group) is 1. The summed E-state index contributed by atoms with van der Waals surface area (Å²) in [6.45, 7) is 2.18. The second-order valence-electron chi connectivity index (χ2n) is 5.55. The predicted octanol–water partition coefficient (Wildman–Crippen LogP) is 0.201. The molecule has 0 saturated carbocycles. The van der Waals surface area contributed by atoms with E-state index < -0.39 is 24.0 Å². The van der Waals surface area contributed by atoms with E-state index in [4.69, 9.17) is 20.1 Å². The summed E-state index contributed by atoms with van der Waals surface area (Å²) in [5.74, 6) is -3.81. The molecular weight excluding hydrogens is 310 g/mol. The average Bonchev–Trinajstić information content (AvgIpc) is 2.34. The number of carboxylic acids is 3. The number of carbonyl (C=O) groups is 4. The third kappa shape index (κ3) is 19.6. The Labute approximate surface area is 134 Å². The first-order valence-corrected chi connectivity index (χ1v) is 6.73. The van der Waals surface area contributed by atoms with Crippen LogP contribution in [0.1, 0.15) is 19.8 Å². The minimum absolute atomic E-state index is 0.138. The Morgan fingerprint density at radius 1 is 1.00 bits per heavy atom. The molecule has 23 heavy (non-hydrogen) atoms. The summed E-state index contributed by atoms with van der Waals surface area (Å²) in [6, 6.07) is 0. The number of carbonyl (C=O) groups excluding carboxylic acids is 1. The highest BCUT2D eigenvalue weighted by atomic mass is 16.5. The molecule has 3 N–H and O–H groups in total. The first-order valence-electron chi connectivity index (χ1n) is 6.73. The zero-order valence-electron chi connectivity index (χ0n) is 13.7. The Morgan fingerprint density at radius 3 is 1.70 bits per heavy atom. The first kappa shape index (κ1) is 22.9. The molecule has 0 aromatic heterocycles. The fraction of sp³-hybridized carbons (Fsp3) is 0.571. The highest BCUT2D eigenvalue weighted by molar-refractivity contribution is 5.89. The molecular formula is C14H24NO8+. The molecule has 0 aliphatic heterocycles. The van der Waals surface area contributed by atoms with E-state index >= 15 is 0 Å². The van der Waals surface area contributed by atoms with E-state index in [2.05, 4.69) is 0 Å². The van der Waals surface area contributed by atoms with Gasteiger partial charge in [0.15, 0.2) is 6.10 Å². The van der Waals surface area contributed by atoms with E-state index in [-0.39, 0.29) is 18.8 Å². The van der Waals surface area contributed by atoms with Gasteiger partial charge in [0.05, 0.1) is 27.6 Å². The molecule has 0 bridgehead atoms. The number of rotatable bonds is 8. The Balaban J connectivity index is 0. The number of ether oxygens (including phenoxy) is 1. The van der Waals surface area contributed by atoms with Crippen molar-refractivity contribution in [3.63, 3.8) is 0 Å². The maximum absolute atomic E-state index is 11.1. The molecule has 0 saturated heterocycles. The van der Waals surface area contributed by atoms with Gasteiger partial charge < -0.3 is 24.5 Å². The second-order valence-corrected chi connectivity index (χ2v) is 5.55. The van der Waals surface area contributed by atoms with Crippen molar-refractivity contribution in [2.75, 3.05) is 27.7 Å². The number of esters is 1. The molecule has 0 aromatic rings. The number of hydrogen-bond donors (Lipinski definition) is 3. The molecule has 0 aromatic carbocycles.